The normalized spacial score (nSPS) is 12.5. The predicted octanol–water partition coefficient (Wildman–Crippen LogP) is 15.4. The summed E-state index contributed by atoms with van der Waals surface area (Å²) in [7, 11) is -1.58. The minimum absolute atomic E-state index is 0.650. The molecular formula is C57H71MnN8OSi. The number of hydrogen-bond donors (Lipinski definition) is 2. The molecule has 9 rings (SSSR count). The first-order valence-electron chi connectivity index (χ1n) is 24.4. The Morgan fingerprint density at radius 3 is 0.662 bits per heavy atom. The van der Waals surface area contributed by atoms with Gasteiger partial charge in [0, 0.05) is 43.8 Å². The summed E-state index contributed by atoms with van der Waals surface area (Å²) in [5.41, 5.74) is 28.4. The Kier molecular flexibility index (Phi) is 12.6. The van der Waals surface area contributed by atoms with Crippen molar-refractivity contribution in [1.29, 1.82) is 0 Å². The van der Waals surface area contributed by atoms with Crippen LogP contribution < -0.4 is 0 Å². The number of nitrogens with zero attached hydrogens (tertiary/aromatic N) is 6. The Morgan fingerprint density at radius 1 is 0.309 bits per heavy atom. The number of benzene rings is 4. The van der Waals surface area contributed by atoms with E-state index in [1.54, 1.807) is 0 Å². The van der Waals surface area contributed by atoms with E-state index in [2.05, 4.69) is 179 Å². The van der Waals surface area contributed by atoms with Gasteiger partial charge in [-0.15, -0.1) is 0 Å². The Hall–Kier alpha value is -5.06. The molecule has 68 heavy (non-hydrogen) atoms. The maximum atomic E-state index is 5.67. The van der Waals surface area contributed by atoms with Gasteiger partial charge in [0.15, 0.2) is 23.3 Å². The maximum absolute atomic E-state index is 5.67. The molecule has 8 bridgehead atoms. The van der Waals surface area contributed by atoms with Gasteiger partial charge in [-0.1, -0.05) is 0 Å². The third kappa shape index (κ3) is 7.07. The number of aromatic nitrogens is 8. The molecule has 356 valence electrons. The van der Waals surface area contributed by atoms with Gasteiger partial charge in [0.25, 0.3) is 0 Å². The molecule has 9 nitrogen and oxygen atoms in total. The van der Waals surface area contributed by atoms with E-state index >= 15 is 0 Å². The zero-order valence-corrected chi connectivity index (χ0v) is 46.9. The molecule has 5 heterocycles. The van der Waals surface area contributed by atoms with Gasteiger partial charge in [-0.25, -0.2) is 29.9 Å². The quantitative estimate of drug-likeness (QED) is 0.169. The van der Waals surface area contributed by atoms with E-state index in [1.165, 1.54) is 66.8 Å². The number of H-pyrrole nitrogens is 2. The van der Waals surface area contributed by atoms with Crippen LogP contribution in [0.15, 0.2) is 0 Å². The molecule has 11 heteroatoms. The Balaban J connectivity index is 0.000000461. The number of nitrogens with one attached hydrogen (secondary N) is 2. The Labute approximate surface area is 413 Å². The molecule has 3 aromatic heterocycles. The number of rotatable bonds is 4. The summed E-state index contributed by atoms with van der Waals surface area (Å²) in [6.07, 6.45) is 0. The molecule has 0 saturated heterocycles. The van der Waals surface area contributed by atoms with Gasteiger partial charge in [-0.2, -0.15) is 0 Å². The third-order valence-corrected chi connectivity index (χ3v) is 24.1. The van der Waals surface area contributed by atoms with E-state index in [4.69, 9.17) is 33.4 Å². The standard InChI is InChI=1S/C48H50N8.C9H21OSi.Mn/c1-17-18(2)26(10)34-33(25(17)9)41-49-42(34)54-44-37-29(13)21(5)22(6)30(14)38(37)46(51-44)56-48-40-32(16)24(8)23(7)31(15)39(40)47(52-48)55-45-36-28(12)20(4)19(3)27(11)35(36)43(50-45)53-41;1-7(2)11(10,8(3)4)9(5)6;/h1-16H3,(H2,49,50,51,52,53,54,55,56);7-9H,1-6H3;/q;-1;+1. The van der Waals surface area contributed by atoms with Crippen LogP contribution in [0, 0.1) is 111 Å². The Morgan fingerprint density at radius 2 is 0.500 bits per heavy atom. The molecule has 0 spiro atoms. The Bertz CT molecular complexity index is 3060. The van der Waals surface area contributed by atoms with E-state index < -0.39 is 8.32 Å². The van der Waals surface area contributed by atoms with Crippen LogP contribution in [0.4, 0.5) is 0 Å². The summed E-state index contributed by atoms with van der Waals surface area (Å²) in [5.74, 6) is 2.60. The summed E-state index contributed by atoms with van der Waals surface area (Å²) < 4.78 is 5.67. The van der Waals surface area contributed by atoms with Crippen LogP contribution in [0.2, 0.25) is 16.6 Å². The van der Waals surface area contributed by atoms with Crippen molar-refractivity contribution in [3.05, 3.63) is 89.0 Å². The monoisotopic (exact) mass is 966 g/mol. The second-order valence-electron chi connectivity index (χ2n) is 21.0. The van der Waals surface area contributed by atoms with Gasteiger partial charge in [0.2, 0.25) is 0 Å². The summed E-state index contributed by atoms with van der Waals surface area (Å²) in [6.45, 7) is 48.7. The van der Waals surface area contributed by atoms with Crippen LogP contribution in [0.1, 0.15) is 131 Å². The first-order valence-corrected chi connectivity index (χ1v) is 27.0. The second kappa shape index (κ2) is 17.4. The fourth-order valence-electron chi connectivity index (χ4n) is 11.8. The van der Waals surface area contributed by atoms with Crippen molar-refractivity contribution in [2.45, 2.75) is 169 Å². The number of fused-ring (bicyclic) bond motifs is 20. The van der Waals surface area contributed by atoms with Crippen LogP contribution in [-0.2, 0) is 19.9 Å². The van der Waals surface area contributed by atoms with Crippen molar-refractivity contribution in [2.75, 3.05) is 0 Å². The number of aryl methyl sites for hydroxylation is 4. The van der Waals surface area contributed by atoms with Crippen molar-refractivity contribution < 1.29 is 19.9 Å². The summed E-state index contributed by atoms with van der Waals surface area (Å²) in [6, 6.07) is 0. The topological polar surface area (TPSA) is 118 Å². The van der Waals surface area contributed by atoms with Crippen LogP contribution >= 0.6 is 0 Å². The molecule has 2 aliphatic rings. The van der Waals surface area contributed by atoms with E-state index in [-0.39, 0.29) is 0 Å². The average Bonchev–Trinajstić information content (AvgIpc) is 4.04. The first kappa shape index (κ1) is 49.4. The number of hydrogen-bond acceptors (Lipinski definition) is 7. The maximum Gasteiger partial charge on any atom is 0.165 e. The summed E-state index contributed by atoms with van der Waals surface area (Å²) in [5, 5.41) is 4.22. The van der Waals surface area contributed by atoms with Crippen LogP contribution in [0.3, 0.4) is 0 Å². The van der Waals surface area contributed by atoms with Crippen molar-refractivity contribution >= 4 is 52.5 Å². The zero-order chi connectivity index (χ0) is 50.1. The molecule has 7 aromatic rings. The van der Waals surface area contributed by atoms with Crippen LogP contribution in [0.5, 0.6) is 0 Å². The molecule has 0 radical (unpaired) electrons. The van der Waals surface area contributed by atoms with E-state index in [9.17, 15) is 0 Å². The number of aromatic amines is 2. The zero-order valence-electron chi connectivity index (χ0n) is 44.7. The van der Waals surface area contributed by atoms with E-state index in [0.29, 0.717) is 39.9 Å². The molecule has 0 saturated carbocycles. The molecule has 0 aliphatic carbocycles. The molecule has 0 amide bonds. The van der Waals surface area contributed by atoms with Crippen molar-refractivity contribution in [1.82, 2.24) is 39.9 Å². The van der Waals surface area contributed by atoms with Crippen LogP contribution in [0.25, 0.3) is 89.7 Å². The van der Waals surface area contributed by atoms with E-state index in [0.717, 1.165) is 88.6 Å². The largest absolute Gasteiger partial charge is 0.324 e. The average molecular weight is 967 g/mol. The van der Waals surface area contributed by atoms with Gasteiger partial charge in [0.05, 0.1) is 0 Å². The smallest absolute Gasteiger partial charge is 0.165 e. The summed E-state index contributed by atoms with van der Waals surface area (Å²) >= 11 is 3.24. The second-order valence-corrected chi connectivity index (χ2v) is 27.1. The molecular weight excluding hydrogens is 896 g/mol. The third-order valence-electron chi connectivity index (χ3n) is 17.2. The van der Waals surface area contributed by atoms with Gasteiger partial charge < -0.3 is 9.97 Å². The van der Waals surface area contributed by atoms with Gasteiger partial charge in [-0.05, 0) is 200 Å². The molecule has 0 atom stereocenters. The SMILES string of the molecule is CC(C)[Si]([O][Mn])(C(C)C)C(C)C.Cc1c(C)c(C)c2c(c1C)-c1nc-2nc2[nH]c(nc3nc(nc4[nH]c(n1)c1c(C)c(C)c(C)c(C)c41)-c1c(C)c(C)c(C)c(C)c1-3)c1c(C)c(C)c(C)c(C)c21. The fraction of sp³-hybridized carbons (Fsp3) is 0.439. The van der Waals surface area contributed by atoms with E-state index in [1.807, 2.05) is 0 Å². The minimum Gasteiger partial charge on any atom is -0.324 e. The minimum atomic E-state index is -1.58. The molecule has 2 aliphatic heterocycles. The first-order chi connectivity index (χ1) is 31.8. The predicted molar refractivity (Wildman–Crippen MR) is 284 cm³/mol. The van der Waals surface area contributed by atoms with Crippen LogP contribution in [-0.4, -0.2) is 48.2 Å². The van der Waals surface area contributed by atoms with Gasteiger partial charge in [-0.3, -0.25) is 0 Å². The van der Waals surface area contributed by atoms with Crippen molar-refractivity contribution in [3.63, 3.8) is 0 Å². The molecule has 4 aromatic carbocycles. The van der Waals surface area contributed by atoms with Gasteiger partial charge in [0.1, 0.15) is 22.6 Å². The van der Waals surface area contributed by atoms with Crippen molar-refractivity contribution in [3.8, 4) is 45.6 Å². The molecule has 0 fully saturated rings. The summed E-state index contributed by atoms with van der Waals surface area (Å²) in [4.78, 5) is 40.0. The fourth-order valence-corrected chi connectivity index (χ4v) is 18.8. The van der Waals surface area contributed by atoms with Gasteiger partial charge >= 0.3 is 86.3 Å². The molecule has 0 unspecified atom stereocenters. The molecule has 2 N–H and O–H groups in total. The van der Waals surface area contributed by atoms with Crippen molar-refractivity contribution in [2.24, 2.45) is 0 Å².